The van der Waals surface area contributed by atoms with Crippen molar-refractivity contribution in [1.82, 2.24) is 4.90 Å². The summed E-state index contributed by atoms with van der Waals surface area (Å²) in [5.74, 6) is 0.591. The van der Waals surface area contributed by atoms with E-state index in [4.69, 9.17) is 10.5 Å². The Morgan fingerprint density at radius 2 is 2.21 bits per heavy atom. The van der Waals surface area contributed by atoms with E-state index in [2.05, 4.69) is 25.7 Å². The van der Waals surface area contributed by atoms with Crippen LogP contribution in [0, 0.1) is 5.92 Å². The molecule has 14 heavy (non-hydrogen) atoms. The van der Waals surface area contributed by atoms with Gasteiger partial charge < -0.3 is 10.5 Å². The molecule has 84 valence electrons. The second-order valence-corrected chi connectivity index (χ2v) is 4.68. The van der Waals surface area contributed by atoms with Gasteiger partial charge in [-0.1, -0.05) is 13.8 Å². The maximum absolute atomic E-state index is 6.01. The summed E-state index contributed by atoms with van der Waals surface area (Å²) in [4.78, 5) is 2.45. The standard InChI is InChI=1S/C11H24N2O/c1-9(2)11(12)4-5-13-6-7-14-10(3)8-13/h9-11H,4-8,12H2,1-3H3. The Bertz CT molecular complexity index is 161. The molecule has 2 N–H and O–H groups in total. The van der Waals surface area contributed by atoms with Crippen molar-refractivity contribution in [1.29, 1.82) is 0 Å². The van der Waals surface area contributed by atoms with Crippen LogP contribution in [0.2, 0.25) is 0 Å². The lowest BCUT2D eigenvalue weighted by Gasteiger charge is -2.32. The molecule has 0 radical (unpaired) electrons. The fourth-order valence-electron chi connectivity index (χ4n) is 1.76. The molecule has 1 fully saturated rings. The SMILES string of the molecule is CC1CN(CCC(N)C(C)C)CCO1. The van der Waals surface area contributed by atoms with Crippen molar-refractivity contribution in [2.75, 3.05) is 26.2 Å². The summed E-state index contributed by atoms with van der Waals surface area (Å²) in [5.41, 5.74) is 6.01. The quantitative estimate of drug-likeness (QED) is 0.738. The van der Waals surface area contributed by atoms with E-state index in [1.54, 1.807) is 0 Å². The number of nitrogens with zero attached hydrogens (tertiary/aromatic N) is 1. The number of hydrogen-bond acceptors (Lipinski definition) is 3. The summed E-state index contributed by atoms with van der Waals surface area (Å²) >= 11 is 0. The van der Waals surface area contributed by atoms with Crippen molar-refractivity contribution in [2.45, 2.75) is 39.3 Å². The van der Waals surface area contributed by atoms with E-state index in [0.717, 1.165) is 32.7 Å². The fraction of sp³-hybridized carbons (Fsp3) is 1.00. The Balaban J connectivity index is 2.17. The highest BCUT2D eigenvalue weighted by atomic mass is 16.5. The Morgan fingerprint density at radius 3 is 2.79 bits per heavy atom. The van der Waals surface area contributed by atoms with Gasteiger partial charge in [-0.3, -0.25) is 4.90 Å². The largest absolute Gasteiger partial charge is 0.376 e. The van der Waals surface area contributed by atoms with E-state index in [1.807, 2.05) is 0 Å². The number of ether oxygens (including phenoxy) is 1. The number of rotatable bonds is 4. The molecule has 1 heterocycles. The Morgan fingerprint density at radius 1 is 1.50 bits per heavy atom. The van der Waals surface area contributed by atoms with Crippen LogP contribution < -0.4 is 5.73 Å². The third kappa shape index (κ3) is 3.95. The van der Waals surface area contributed by atoms with Gasteiger partial charge in [-0.15, -0.1) is 0 Å². The Kier molecular flexibility index (Phi) is 4.85. The molecule has 0 saturated carbocycles. The van der Waals surface area contributed by atoms with Gasteiger partial charge in [0.2, 0.25) is 0 Å². The van der Waals surface area contributed by atoms with Crippen molar-refractivity contribution in [2.24, 2.45) is 11.7 Å². The zero-order valence-corrected chi connectivity index (χ0v) is 9.70. The molecular weight excluding hydrogens is 176 g/mol. The summed E-state index contributed by atoms with van der Waals surface area (Å²) < 4.78 is 5.49. The maximum Gasteiger partial charge on any atom is 0.0674 e. The fourth-order valence-corrected chi connectivity index (χ4v) is 1.76. The molecule has 2 atom stereocenters. The Hall–Kier alpha value is -0.120. The Labute approximate surface area is 87.6 Å². The van der Waals surface area contributed by atoms with Crippen molar-refractivity contribution < 1.29 is 4.74 Å². The first-order valence-electron chi connectivity index (χ1n) is 5.69. The average Bonchev–Trinajstić information content (AvgIpc) is 2.14. The van der Waals surface area contributed by atoms with Crippen LogP contribution in [-0.2, 0) is 4.74 Å². The zero-order chi connectivity index (χ0) is 10.6. The molecule has 1 saturated heterocycles. The van der Waals surface area contributed by atoms with Crippen LogP contribution in [0.3, 0.4) is 0 Å². The highest BCUT2D eigenvalue weighted by Crippen LogP contribution is 2.08. The lowest BCUT2D eigenvalue weighted by atomic mass is 10.0. The van der Waals surface area contributed by atoms with Crippen molar-refractivity contribution >= 4 is 0 Å². The van der Waals surface area contributed by atoms with E-state index in [1.165, 1.54) is 0 Å². The highest BCUT2D eigenvalue weighted by Gasteiger charge is 2.17. The van der Waals surface area contributed by atoms with Gasteiger partial charge in [-0.2, -0.15) is 0 Å². The van der Waals surface area contributed by atoms with E-state index >= 15 is 0 Å². The normalized spacial score (nSPS) is 26.8. The molecule has 0 aromatic rings. The van der Waals surface area contributed by atoms with E-state index in [0.29, 0.717) is 18.1 Å². The topological polar surface area (TPSA) is 38.5 Å². The average molecular weight is 200 g/mol. The minimum absolute atomic E-state index is 0.341. The van der Waals surface area contributed by atoms with Gasteiger partial charge in [-0.25, -0.2) is 0 Å². The predicted molar refractivity (Wildman–Crippen MR) is 59.3 cm³/mol. The number of nitrogens with two attached hydrogens (primary N) is 1. The van der Waals surface area contributed by atoms with Gasteiger partial charge >= 0.3 is 0 Å². The molecule has 0 aromatic heterocycles. The first kappa shape index (κ1) is 12.0. The number of morpholine rings is 1. The molecule has 2 unspecified atom stereocenters. The zero-order valence-electron chi connectivity index (χ0n) is 9.70. The smallest absolute Gasteiger partial charge is 0.0674 e. The van der Waals surface area contributed by atoms with E-state index < -0.39 is 0 Å². The number of hydrogen-bond donors (Lipinski definition) is 1. The lowest BCUT2D eigenvalue weighted by molar-refractivity contribution is -0.0192. The molecule has 0 aliphatic carbocycles. The molecule has 0 bridgehead atoms. The second-order valence-electron chi connectivity index (χ2n) is 4.68. The van der Waals surface area contributed by atoms with Crippen LogP contribution in [0.1, 0.15) is 27.2 Å². The van der Waals surface area contributed by atoms with Crippen molar-refractivity contribution in [3.63, 3.8) is 0 Å². The predicted octanol–water partition coefficient (Wildman–Crippen LogP) is 1.08. The molecular formula is C11H24N2O. The molecule has 3 heteroatoms. The summed E-state index contributed by atoms with van der Waals surface area (Å²) in [5, 5.41) is 0. The van der Waals surface area contributed by atoms with E-state index in [9.17, 15) is 0 Å². The van der Waals surface area contributed by atoms with Gasteiger partial charge in [0.25, 0.3) is 0 Å². The highest BCUT2D eigenvalue weighted by molar-refractivity contribution is 4.72. The summed E-state index contributed by atoms with van der Waals surface area (Å²) in [6.07, 6.45) is 1.49. The molecule has 3 nitrogen and oxygen atoms in total. The molecule has 1 aliphatic rings. The maximum atomic E-state index is 6.01. The molecule has 0 amide bonds. The second kappa shape index (κ2) is 5.69. The summed E-state index contributed by atoms with van der Waals surface area (Å²) in [7, 11) is 0. The summed E-state index contributed by atoms with van der Waals surface area (Å²) in [6, 6.07) is 0.341. The third-order valence-corrected chi connectivity index (χ3v) is 2.96. The summed E-state index contributed by atoms with van der Waals surface area (Å²) in [6.45, 7) is 10.6. The van der Waals surface area contributed by atoms with Crippen LogP contribution in [0.15, 0.2) is 0 Å². The van der Waals surface area contributed by atoms with E-state index in [-0.39, 0.29) is 0 Å². The molecule has 1 rings (SSSR count). The van der Waals surface area contributed by atoms with Crippen molar-refractivity contribution in [3.05, 3.63) is 0 Å². The van der Waals surface area contributed by atoms with Crippen molar-refractivity contribution in [3.8, 4) is 0 Å². The minimum atomic E-state index is 0.341. The van der Waals surface area contributed by atoms with Gasteiger partial charge in [-0.05, 0) is 25.8 Å². The first-order chi connectivity index (χ1) is 6.59. The van der Waals surface area contributed by atoms with Crippen LogP contribution in [-0.4, -0.2) is 43.3 Å². The van der Waals surface area contributed by atoms with Crippen LogP contribution in [0.4, 0.5) is 0 Å². The van der Waals surface area contributed by atoms with Gasteiger partial charge in [0.1, 0.15) is 0 Å². The third-order valence-electron chi connectivity index (χ3n) is 2.96. The van der Waals surface area contributed by atoms with Gasteiger partial charge in [0.05, 0.1) is 12.7 Å². The monoisotopic (exact) mass is 200 g/mol. The molecule has 0 spiro atoms. The minimum Gasteiger partial charge on any atom is -0.376 e. The molecule has 0 aromatic carbocycles. The van der Waals surface area contributed by atoms with Crippen LogP contribution in [0.25, 0.3) is 0 Å². The lowest BCUT2D eigenvalue weighted by Crippen LogP contribution is -2.43. The van der Waals surface area contributed by atoms with Gasteiger partial charge in [0.15, 0.2) is 0 Å². The van der Waals surface area contributed by atoms with Crippen LogP contribution in [0.5, 0.6) is 0 Å². The van der Waals surface area contributed by atoms with Crippen LogP contribution >= 0.6 is 0 Å². The van der Waals surface area contributed by atoms with Gasteiger partial charge in [0, 0.05) is 19.1 Å². The first-order valence-corrected chi connectivity index (χ1v) is 5.69. The molecule has 1 aliphatic heterocycles.